The Morgan fingerprint density at radius 2 is 1.79 bits per heavy atom. The predicted molar refractivity (Wildman–Crippen MR) is 108 cm³/mol. The zero-order valence-electron chi connectivity index (χ0n) is 16.6. The fraction of sp³-hybridized carbons (Fsp3) is 0.250. The Bertz CT molecular complexity index is 1120. The van der Waals surface area contributed by atoms with Crippen LogP contribution in [-0.2, 0) is 9.59 Å². The summed E-state index contributed by atoms with van der Waals surface area (Å²) in [6, 6.07) is 10.6. The summed E-state index contributed by atoms with van der Waals surface area (Å²) < 4.78 is 1.29. The minimum absolute atomic E-state index is 0.152. The molecule has 1 unspecified atom stereocenters. The summed E-state index contributed by atoms with van der Waals surface area (Å²) in [7, 11) is 0. The summed E-state index contributed by atoms with van der Waals surface area (Å²) in [4.78, 5) is 43.7. The summed E-state index contributed by atoms with van der Waals surface area (Å²) >= 11 is 0. The number of hydrogen-bond acceptors (Lipinski definition) is 5. The van der Waals surface area contributed by atoms with Crippen LogP contribution in [-0.4, -0.2) is 31.6 Å². The number of aryl methyl sites for hydroxylation is 2. The van der Waals surface area contributed by atoms with E-state index in [1.54, 1.807) is 33.8 Å². The minimum atomic E-state index is -0.847. The van der Waals surface area contributed by atoms with E-state index in [4.69, 9.17) is 0 Å². The quantitative estimate of drug-likeness (QED) is 0.582. The predicted octanol–water partition coefficient (Wildman–Crippen LogP) is 1.70. The van der Waals surface area contributed by atoms with Crippen molar-refractivity contribution in [3.05, 3.63) is 69.3 Å². The van der Waals surface area contributed by atoms with E-state index in [-0.39, 0.29) is 23.4 Å². The van der Waals surface area contributed by atoms with Gasteiger partial charge in [0.25, 0.3) is 5.56 Å². The third-order valence-corrected chi connectivity index (χ3v) is 4.51. The summed E-state index contributed by atoms with van der Waals surface area (Å²) in [5.74, 6) is -1.26. The normalized spacial score (nSPS) is 11.7. The van der Waals surface area contributed by atoms with Gasteiger partial charge in [0.05, 0.1) is 11.7 Å². The fourth-order valence-electron chi connectivity index (χ4n) is 2.74. The number of aromatic amines is 1. The number of H-pyrrole nitrogens is 1. The topological polar surface area (TPSA) is 122 Å². The Labute approximate surface area is 167 Å². The zero-order chi connectivity index (χ0) is 21.1. The van der Waals surface area contributed by atoms with Crippen LogP contribution in [0.3, 0.4) is 0 Å². The molecule has 0 radical (unpaired) electrons. The van der Waals surface area contributed by atoms with Crippen LogP contribution in [0.4, 0.5) is 5.82 Å². The fourth-order valence-corrected chi connectivity index (χ4v) is 2.74. The Kier molecular flexibility index (Phi) is 5.58. The van der Waals surface area contributed by atoms with Crippen LogP contribution in [0.1, 0.15) is 35.5 Å². The number of benzene rings is 1. The lowest BCUT2D eigenvalue weighted by Gasteiger charge is -2.14. The maximum Gasteiger partial charge on any atom is 0.314 e. The highest BCUT2D eigenvalue weighted by molar-refractivity contribution is 6.39. The van der Waals surface area contributed by atoms with E-state index in [2.05, 4.69) is 25.7 Å². The van der Waals surface area contributed by atoms with E-state index >= 15 is 0 Å². The molecule has 9 heteroatoms. The summed E-state index contributed by atoms with van der Waals surface area (Å²) in [6.07, 6.45) is 0. The molecular formula is C20H22N6O3. The number of aromatic nitrogens is 4. The van der Waals surface area contributed by atoms with Gasteiger partial charge in [0, 0.05) is 17.3 Å². The lowest BCUT2D eigenvalue weighted by atomic mass is 10.1. The number of carbonyl (C=O) groups excluding carboxylic acids is 2. The van der Waals surface area contributed by atoms with Crippen LogP contribution < -0.4 is 16.2 Å². The number of anilines is 1. The van der Waals surface area contributed by atoms with Crippen molar-refractivity contribution in [3.8, 4) is 5.95 Å². The number of amides is 2. The van der Waals surface area contributed by atoms with Crippen molar-refractivity contribution in [2.24, 2.45) is 0 Å². The van der Waals surface area contributed by atoms with Crippen LogP contribution in [0.15, 0.2) is 41.2 Å². The van der Waals surface area contributed by atoms with Crippen LogP contribution in [0.2, 0.25) is 0 Å². The van der Waals surface area contributed by atoms with Crippen LogP contribution >= 0.6 is 0 Å². The van der Waals surface area contributed by atoms with Gasteiger partial charge in [-0.2, -0.15) is 9.78 Å². The van der Waals surface area contributed by atoms with Gasteiger partial charge in [-0.15, -0.1) is 0 Å². The van der Waals surface area contributed by atoms with Gasteiger partial charge in [0.2, 0.25) is 5.95 Å². The number of rotatable bonds is 4. The van der Waals surface area contributed by atoms with E-state index in [9.17, 15) is 14.4 Å². The van der Waals surface area contributed by atoms with Gasteiger partial charge in [0.1, 0.15) is 5.82 Å². The van der Waals surface area contributed by atoms with E-state index in [1.165, 1.54) is 4.68 Å². The molecule has 0 bridgehead atoms. The molecule has 2 heterocycles. The van der Waals surface area contributed by atoms with Crippen LogP contribution in [0.5, 0.6) is 0 Å². The van der Waals surface area contributed by atoms with Gasteiger partial charge in [-0.1, -0.05) is 30.3 Å². The standard InChI is InChI=1S/C20H22N6O3/c1-11-10-16(26(25-11)20-22-13(3)12(2)17(27)24-20)23-19(29)18(28)21-14(4)15-8-6-5-7-9-15/h5-10,14H,1-4H3,(H,21,28)(H,23,29)(H,22,24,27). The smallest absolute Gasteiger partial charge is 0.314 e. The highest BCUT2D eigenvalue weighted by Crippen LogP contribution is 2.15. The first-order chi connectivity index (χ1) is 13.8. The average Bonchev–Trinajstić information content (AvgIpc) is 3.06. The van der Waals surface area contributed by atoms with Gasteiger partial charge < -0.3 is 10.6 Å². The highest BCUT2D eigenvalue weighted by atomic mass is 16.2. The second-order valence-electron chi connectivity index (χ2n) is 6.74. The Hall–Kier alpha value is -3.75. The van der Waals surface area contributed by atoms with Gasteiger partial charge in [-0.25, -0.2) is 4.98 Å². The zero-order valence-corrected chi connectivity index (χ0v) is 16.6. The Morgan fingerprint density at radius 1 is 1.10 bits per heavy atom. The first-order valence-electron chi connectivity index (χ1n) is 9.07. The first-order valence-corrected chi connectivity index (χ1v) is 9.07. The van der Waals surface area contributed by atoms with Crippen molar-refractivity contribution in [2.75, 3.05) is 5.32 Å². The molecular weight excluding hydrogens is 372 g/mol. The monoisotopic (exact) mass is 394 g/mol. The van der Waals surface area contributed by atoms with E-state index < -0.39 is 11.8 Å². The van der Waals surface area contributed by atoms with E-state index in [0.717, 1.165) is 5.56 Å². The van der Waals surface area contributed by atoms with Crippen molar-refractivity contribution in [2.45, 2.75) is 33.7 Å². The lowest BCUT2D eigenvalue weighted by molar-refractivity contribution is -0.136. The lowest BCUT2D eigenvalue weighted by Crippen LogP contribution is -2.37. The third kappa shape index (κ3) is 4.40. The average molecular weight is 394 g/mol. The van der Waals surface area contributed by atoms with Crippen molar-refractivity contribution >= 4 is 17.6 Å². The molecule has 2 amide bonds. The Morgan fingerprint density at radius 3 is 2.45 bits per heavy atom. The van der Waals surface area contributed by atoms with Crippen LogP contribution in [0, 0.1) is 20.8 Å². The largest absolute Gasteiger partial charge is 0.341 e. The molecule has 0 saturated heterocycles. The maximum atomic E-state index is 12.4. The molecule has 3 N–H and O–H groups in total. The molecule has 0 aliphatic rings. The second-order valence-corrected chi connectivity index (χ2v) is 6.74. The number of carbonyl (C=O) groups is 2. The molecule has 1 atom stereocenters. The van der Waals surface area contributed by atoms with Crippen molar-refractivity contribution < 1.29 is 9.59 Å². The Balaban J connectivity index is 1.79. The van der Waals surface area contributed by atoms with Crippen molar-refractivity contribution in [1.29, 1.82) is 0 Å². The van der Waals surface area contributed by atoms with Gasteiger partial charge >= 0.3 is 11.8 Å². The van der Waals surface area contributed by atoms with E-state index in [0.29, 0.717) is 17.0 Å². The van der Waals surface area contributed by atoms with Gasteiger partial charge in [-0.3, -0.25) is 19.4 Å². The molecule has 29 heavy (non-hydrogen) atoms. The summed E-state index contributed by atoms with van der Waals surface area (Å²) in [6.45, 7) is 6.89. The van der Waals surface area contributed by atoms with Gasteiger partial charge in [-0.05, 0) is 33.3 Å². The molecule has 9 nitrogen and oxygen atoms in total. The molecule has 0 saturated carbocycles. The second kappa shape index (κ2) is 8.09. The SMILES string of the molecule is Cc1cc(NC(=O)C(=O)NC(C)c2ccccc2)n(-c2nc(C)c(C)c(=O)[nH]2)n1. The highest BCUT2D eigenvalue weighted by Gasteiger charge is 2.20. The van der Waals surface area contributed by atoms with Crippen LogP contribution in [0.25, 0.3) is 5.95 Å². The maximum absolute atomic E-state index is 12.4. The molecule has 3 aromatic rings. The number of nitrogens with zero attached hydrogens (tertiary/aromatic N) is 3. The molecule has 0 aliphatic carbocycles. The minimum Gasteiger partial charge on any atom is -0.341 e. The van der Waals surface area contributed by atoms with Crippen molar-refractivity contribution in [1.82, 2.24) is 25.1 Å². The number of nitrogens with one attached hydrogen (secondary N) is 3. The molecule has 0 aliphatic heterocycles. The summed E-state index contributed by atoms with van der Waals surface area (Å²) in [5.41, 5.74) is 2.21. The molecule has 150 valence electrons. The van der Waals surface area contributed by atoms with Crippen molar-refractivity contribution in [3.63, 3.8) is 0 Å². The van der Waals surface area contributed by atoms with E-state index in [1.807, 2.05) is 30.3 Å². The first kappa shape index (κ1) is 20.0. The number of hydrogen-bond donors (Lipinski definition) is 3. The summed E-state index contributed by atoms with van der Waals surface area (Å²) in [5, 5.41) is 9.43. The molecule has 0 spiro atoms. The molecule has 3 rings (SSSR count). The third-order valence-electron chi connectivity index (χ3n) is 4.51. The molecule has 1 aromatic carbocycles. The molecule has 2 aromatic heterocycles. The van der Waals surface area contributed by atoms with Gasteiger partial charge in [0.15, 0.2) is 0 Å². The molecule has 0 fully saturated rings.